The van der Waals surface area contributed by atoms with Crippen molar-refractivity contribution in [2.24, 2.45) is 0 Å². The number of anilines is 1. The SMILES string of the molecule is Cc1cc(-c2ccccc2)c2ccc3c(c2n1)NC(C)(S(=O)(=O)O)C(S(=O)(=O)O)=C3c1ccccc1. The van der Waals surface area contributed by atoms with Crippen LogP contribution in [0.2, 0.25) is 0 Å². The first kappa shape index (κ1) is 24.1. The molecule has 3 aromatic carbocycles. The molecule has 0 aliphatic carbocycles. The maximum Gasteiger partial charge on any atom is 0.294 e. The molecule has 8 nitrogen and oxygen atoms in total. The smallest absolute Gasteiger partial charge is 0.294 e. The van der Waals surface area contributed by atoms with Crippen LogP contribution < -0.4 is 5.32 Å². The number of rotatable bonds is 4. The van der Waals surface area contributed by atoms with Crippen molar-refractivity contribution in [3.05, 3.63) is 101 Å². The van der Waals surface area contributed by atoms with E-state index in [1.807, 2.05) is 36.4 Å². The Bertz CT molecular complexity index is 1770. The largest absolute Gasteiger partial charge is 0.358 e. The molecule has 0 saturated heterocycles. The summed E-state index contributed by atoms with van der Waals surface area (Å²) in [4.78, 5) is 1.20. The number of aryl methyl sites for hydroxylation is 1. The average Bonchev–Trinajstić information content (AvgIpc) is 2.82. The van der Waals surface area contributed by atoms with Crippen LogP contribution in [0.5, 0.6) is 0 Å². The highest BCUT2D eigenvalue weighted by atomic mass is 32.2. The highest BCUT2D eigenvalue weighted by Gasteiger charge is 2.52. The average molecular weight is 523 g/mol. The molecule has 0 spiro atoms. The number of aromatic nitrogens is 1. The second kappa shape index (κ2) is 8.24. The minimum Gasteiger partial charge on any atom is -0.358 e. The number of nitrogens with zero attached hydrogens (tertiary/aromatic N) is 1. The molecule has 1 atom stereocenters. The van der Waals surface area contributed by atoms with Gasteiger partial charge in [-0.15, -0.1) is 0 Å². The lowest BCUT2D eigenvalue weighted by Gasteiger charge is -2.37. The third-order valence-corrected chi connectivity index (χ3v) is 8.92. The molecule has 1 unspecified atom stereocenters. The molecule has 0 bridgehead atoms. The first-order valence-electron chi connectivity index (χ1n) is 10.9. The lowest BCUT2D eigenvalue weighted by molar-refractivity contribution is 0.451. The molecule has 0 amide bonds. The van der Waals surface area contributed by atoms with Gasteiger partial charge >= 0.3 is 0 Å². The van der Waals surface area contributed by atoms with Gasteiger partial charge in [0.2, 0.25) is 4.87 Å². The van der Waals surface area contributed by atoms with Crippen molar-refractivity contribution in [2.45, 2.75) is 18.7 Å². The minimum atomic E-state index is -5.12. The Morgan fingerprint density at radius 3 is 1.94 bits per heavy atom. The van der Waals surface area contributed by atoms with Crippen LogP contribution in [0.25, 0.3) is 27.6 Å². The first-order valence-corrected chi connectivity index (χ1v) is 13.8. The van der Waals surface area contributed by atoms with Crippen molar-refractivity contribution in [1.82, 2.24) is 4.98 Å². The van der Waals surface area contributed by atoms with Gasteiger partial charge in [-0.05, 0) is 36.6 Å². The fraction of sp³-hybridized carbons (Fsp3) is 0.115. The Balaban J connectivity index is 1.98. The van der Waals surface area contributed by atoms with E-state index in [1.54, 1.807) is 49.4 Å². The van der Waals surface area contributed by atoms with Gasteiger partial charge in [0.1, 0.15) is 4.91 Å². The van der Waals surface area contributed by atoms with Crippen molar-refractivity contribution >= 4 is 42.4 Å². The summed E-state index contributed by atoms with van der Waals surface area (Å²) >= 11 is 0. The molecular formula is C26H22N2O6S2. The van der Waals surface area contributed by atoms with Crippen LogP contribution in [0.15, 0.2) is 83.8 Å². The third kappa shape index (κ3) is 3.79. The van der Waals surface area contributed by atoms with E-state index in [9.17, 15) is 25.9 Å². The molecule has 1 aliphatic heterocycles. The van der Waals surface area contributed by atoms with Crippen molar-refractivity contribution in [1.29, 1.82) is 0 Å². The van der Waals surface area contributed by atoms with Crippen LogP contribution in [0.3, 0.4) is 0 Å². The Labute approximate surface area is 208 Å². The summed E-state index contributed by atoms with van der Waals surface area (Å²) < 4.78 is 71.2. The summed E-state index contributed by atoms with van der Waals surface area (Å²) in [5.74, 6) is 0. The predicted octanol–water partition coefficient (Wildman–Crippen LogP) is 4.89. The van der Waals surface area contributed by atoms with E-state index in [-0.39, 0.29) is 11.3 Å². The number of fused-ring (bicyclic) bond motifs is 3. The summed E-state index contributed by atoms with van der Waals surface area (Å²) in [6.07, 6.45) is 0. The number of benzene rings is 3. The molecular weight excluding hydrogens is 500 g/mol. The van der Waals surface area contributed by atoms with E-state index in [1.165, 1.54) is 0 Å². The molecule has 0 fully saturated rings. The maximum absolute atomic E-state index is 12.7. The van der Waals surface area contributed by atoms with E-state index in [2.05, 4.69) is 10.3 Å². The molecule has 3 N–H and O–H groups in total. The number of hydrogen-bond acceptors (Lipinski definition) is 6. The van der Waals surface area contributed by atoms with Gasteiger partial charge in [-0.3, -0.25) is 14.1 Å². The first-order chi connectivity index (χ1) is 16.9. The fourth-order valence-electron chi connectivity index (χ4n) is 4.72. The molecule has 1 aromatic heterocycles. The molecule has 0 saturated carbocycles. The summed E-state index contributed by atoms with van der Waals surface area (Å²) in [6, 6.07) is 23.2. The molecule has 4 aromatic rings. The molecule has 10 heteroatoms. The van der Waals surface area contributed by atoms with Gasteiger partial charge < -0.3 is 5.32 Å². The predicted molar refractivity (Wildman–Crippen MR) is 140 cm³/mol. The van der Waals surface area contributed by atoms with Gasteiger partial charge in [-0.1, -0.05) is 72.8 Å². The van der Waals surface area contributed by atoms with Crippen LogP contribution >= 0.6 is 0 Å². The Morgan fingerprint density at radius 1 is 0.806 bits per heavy atom. The van der Waals surface area contributed by atoms with Crippen LogP contribution in [0.4, 0.5) is 5.69 Å². The van der Waals surface area contributed by atoms with Crippen molar-refractivity contribution in [3.8, 4) is 11.1 Å². The Hall–Kier alpha value is -3.57. The summed E-state index contributed by atoms with van der Waals surface area (Å²) in [7, 11) is -10.2. The maximum atomic E-state index is 12.7. The van der Waals surface area contributed by atoms with Crippen molar-refractivity contribution < 1.29 is 25.9 Å². The van der Waals surface area contributed by atoms with Crippen LogP contribution in [-0.2, 0) is 20.2 Å². The van der Waals surface area contributed by atoms with Crippen LogP contribution in [0.1, 0.15) is 23.7 Å². The van der Waals surface area contributed by atoms with E-state index >= 15 is 0 Å². The van der Waals surface area contributed by atoms with Gasteiger partial charge in [-0.2, -0.15) is 16.8 Å². The van der Waals surface area contributed by atoms with Gasteiger partial charge in [0.05, 0.1) is 11.2 Å². The fourth-order valence-corrected chi connectivity index (χ4v) is 6.94. The zero-order valence-corrected chi connectivity index (χ0v) is 20.9. The monoisotopic (exact) mass is 522 g/mol. The molecule has 2 heterocycles. The van der Waals surface area contributed by atoms with Crippen LogP contribution in [0, 0.1) is 6.92 Å². The lowest BCUT2D eigenvalue weighted by Crippen LogP contribution is -2.49. The molecule has 5 rings (SSSR count). The Morgan fingerprint density at radius 2 is 1.39 bits per heavy atom. The zero-order chi connectivity index (χ0) is 25.9. The van der Waals surface area contributed by atoms with Gasteiger partial charge in [0.25, 0.3) is 20.2 Å². The minimum absolute atomic E-state index is 0.0431. The number of nitrogens with one attached hydrogen (secondary N) is 1. The highest BCUT2D eigenvalue weighted by Crippen LogP contribution is 2.49. The molecule has 184 valence electrons. The summed E-state index contributed by atoms with van der Waals surface area (Å²) in [5.41, 5.74) is 3.65. The van der Waals surface area contributed by atoms with Gasteiger partial charge in [0.15, 0.2) is 0 Å². The number of pyridine rings is 1. The zero-order valence-electron chi connectivity index (χ0n) is 19.3. The van der Waals surface area contributed by atoms with E-state index in [0.717, 1.165) is 18.1 Å². The van der Waals surface area contributed by atoms with Crippen molar-refractivity contribution in [2.75, 3.05) is 5.32 Å². The standard InChI is InChI=1S/C26H22N2O6S2/c1-16-15-21(17-9-5-3-6-10-17)19-13-14-20-22(18-11-7-4-8-12-18)25(35(29,30)31)26(2,36(32,33)34)28-24(20)23(19)27-16/h3-15,28H,1-2H3,(H,29,30,31)(H,32,33,34). The van der Waals surface area contributed by atoms with Crippen molar-refractivity contribution in [3.63, 3.8) is 0 Å². The quantitative estimate of drug-likeness (QED) is 0.323. The van der Waals surface area contributed by atoms with E-state index in [0.29, 0.717) is 27.7 Å². The molecule has 0 radical (unpaired) electrons. The third-order valence-electron chi connectivity index (χ3n) is 6.32. The number of hydrogen-bond donors (Lipinski definition) is 3. The lowest BCUT2D eigenvalue weighted by atomic mass is 9.88. The van der Waals surface area contributed by atoms with Gasteiger partial charge in [0, 0.05) is 22.2 Å². The van der Waals surface area contributed by atoms with Crippen LogP contribution in [-0.4, -0.2) is 35.8 Å². The van der Waals surface area contributed by atoms with E-state index in [4.69, 9.17) is 0 Å². The second-order valence-corrected chi connectivity index (χ2v) is 11.9. The summed E-state index contributed by atoms with van der Waals surface area (Å²) in [5, 5.41) is 3.41. The highest BCUT2D eigenvalue weighted by molar-refractivity contribution is 7.94. The molecule has 36 heavy (non-hydrogen) atoms. The van der Waals surface area contributed by atoms with Gasteiger partial charge in [-0.25, -0.2) is 0 Å². The second-order valence-electron chi connectivity index (χ2n) is 8.74. The summed E-state index contributed by atoms with van der Waals surface area (Å²) in [6.45, 7) is 2.80. The topological polar surface area (TPSA) is 134 Å². The molecule has 1 aliphatic rings. The van der Waals surface area contributed by atoms with E-state index < -0.39 is 30.0 Å². The normalized spacial score (nSPS) is 18.1. The Kier molecular flexibility index (Phi) is 5.53.